The minimum absolute atomic E-state index is 0.297. The van der Waals surface area contributed by atoms with E-state index in [-0.39, 0.29) is 5.91 Å². The molecule has 3 rings (SSSR count). The van der Waals surface area contributed by atoms with Crippen molar-refractivity contribution in [3.05, 3.63) is 53.6 Å². The summed E-state index contributed by atoms with van der Waals surface area (Å²) in [6, 6.07) is 13.0. The minimum Gasteiger partial charge on any atom is -0.497 e. The standard InChI is InChI=1S/C21H25N3O3/c1-26-19-8-6-7-16(13-19)21(25)23-22-15-17-9-10-18(14-20(17)27-2)24-11-4-3-5-12-24/h6-10,13-15H,3-5,11-12H2,1-2H3,(H,23,25)/b22-15-. The van der Waals surface area contributed by atoms with Crippen LogP contribution in [-0.2, 0) is 0 Å². The lowest BCUT2D eigenvalue weighted by Gasteiger charge is -2.29. The van der Waals surface area contributed by atoms with Gasteiger partial charge in [0.05, 0.1) is 20.4 Å². The summed E-state index contributed by atoms with van der Waals surface area (Å²) in [7, 11) is 3.20. The fourth-order valence-electron chi connectivity index (χ4n) is 3.14. The van der Waals surface area contributed by atoms with Gasteiger partial charge in [-0.2, -0.15) is 5.10 Å². The molecule has 0 aliphatic carbocycles. The lowest BCUT2D eigenvalue weighted by molar-refractivity contribution is 0.0955. The van der Waals surface area contributed by atoms with Crippen LogP contribution in [0.1, 0.15) is 35.2 Å². The highest BCUT2D eigenvalue weighted by Gasteiger charge is 2.13. The second kappa shape index (κ2) is 9.07. The lowest BCUT2D eigenvalue weighted by Crippen LogP contribution is -2.29. The highest BCUT2D eigenvalue weighted by atomic mass is 16.5. The van der Waals surface area contributed by atoms with Crippen LogP contribution < -0.4 is 19.8 Å². The zero-order valence-electron chi connectivity index (χ0n) is 15.8. The molecule has 0 aromatic heterocycles. The van der Waals surface area contributed by atoms with Gasteiger partial charge in [0.1, 0.15) is 11.5 Å². The highest BCUT2D eigenvalue weighted by Crippen LogP contribution is 2.26. The predicted molar refractivity (Wildman–Crippen MR) is 107 cm³/mol. The number of ether oxygens (including phenoxy) is 2. The monoisotopic (exact) mass is 367 g/mol. The summed E-state index contributed by atoms with van der Waals surface area (Å²) in [6.45, 7) is 2.15. The van der Waals surface area contributed by atoms with Crippen LogP contribution in [0.4, 0.5) is 5.69 Å². The molecule has 1 aliphatic rings. The van der Waals surface area contributed by atoms with E-state index in [0.29, 0.717) is 11.3 Å². The zero-order chi connectivity index (χ0) is 19.1. The van der Waals surface area contributed by atoms with Crippen LogP contribution in [0.2, 0.25) is 0 Å². The number of nitrogens with one attached hydrogen (secondary N) is 1. The molecule has 0 bridgehead atoms. The van der Waals surface area contributed by atoms with Crippen LogP contribution in [0.25, 0.3) is 0 Å². The Hall–Kier alpha value is -3.02. The molecule has 0 spiro atoms. The van der Waals surface area contributed by atoms with E-state index in [1.165, 1.54) is 19.3 Å². The van der Waals surface area contributed by atoms with Crippen LogP contribution in [-0.4, -0.2) is 39.4 Å². The second-order valence-electron chi connectivity index (χ2n) is 6.41. The SMILES string of the molecule is COc1cccc(C(=O)N/N=C\c2ccc(N3CCCCC3)cc2OC)c1. The molecule has 0 saturated carbocycles. The van der Waals surface area contributed by atoms with Gasteiger partial charge in [-0.25, -0.2) is 5.43 Å². The van der Waals surface area contributed by atoms with Crippen molar-refractivity contribution in [3.63, 3.8) is 0 Å². The van der Waals surface area contributed by atoms with Crippen LogP contribution in [0, 0.1) is 0 Å². The number of carbonyl (C=O) groups excluding carboxylic acids is 1. The fourth-order valence-corrected chi connectivity index (χ4v) is 3.14. The molecule has 1 fully saturated rings. The van der Waals surface area contributed by atoms with E-state index in [9.17, 15) is 4.79 Å². The first kappa shape index (κ1) is 18.8. The van der Waals surface area contributed by atoms with E-state index >= 15 is 0 Å². The molecule has 1 aliphatic heterocycles. The number of methoxy groups -OCH3 is 2. The predicted octanol–water partition coefficient (Wildman–Crippen LogP) is 3.46. The van der Waals surface area contributed by atoms with Gasteiger partial charge in [-0.15, -0.1) is 0 Å². The molecule has 1 amide bonds. The Balaban J connectivity index is 1.67. The van der Waals surface area contributed by atoms with Crippen molar-refractivity contribution in [3.8, 4) is 11.5 Å². The van der Waals surface area contributed by atoms with E-state index in [4.69, 9.17) is 9.47 Å². The number of rotatable bonds is 6. The van der Waals surface area contributed by atoms with E-state index < -0.39 is 0 Å². The van der Waals surface area contributed by atoms with E-state index in [1.54, 1.807) is 44.7 Å². The summed E-state index contributed by atoms with van der Waals surface area (Å²) >= 11 is 0. The summed E-state index contributed by atoms with van der Waals surface area (Å²) in [6.07, 6.45) is 5.34. The molecule has 1 heterocycles. The average Bonchev–Trinajstić information content (AvgIpc) is 2.74. The topological polar surface area (TPSA) is 63.2 Å². The van der Waals surface area contributed by atoms with Gasteiger partial charge < -0.3 is 14.4 Å². The first-order chi connectivity index (χ1) is 13.2. The molecule has 6 heteroatoms. The van der Waals surface area contributed by atoms with E-state index in [1.807, 2.05) is 12.1 Å². The number of carbonyl (C=O) groups is 1. The molecular weight excluding hydrogens is 342 g/mol. The molecule has 0 unspecified atom stereocenters. The molecule has 27 heavy (non-hydrogen) atoms. The Bertz CT molecular complexity index is 814. The summed E-state index contributed by atoms with van der Waals surface area (Å²) < 4.78 is 10.6. The summed E-state index contributed by atoms with van der Waals surface area (Å²) in [5.74, 6) is 1.06. The Morgan fingerprint density at radius 2 is 1.89 bits per heavy atom. The first-order valence-corrected chi connectivity index (χ1v) is 9.11. The Morgan fingerprint density at radius 1 is 1.07 bits per heavy atom. The maximum atomic E-state index is 12.2. The number of hydrazone groups is 1. The Morgan fingerprint density at radius 3 is 2.63 bits per heavy atom. The third kappa shape index (κ3) is 4.78. The number of amides is 1. The molecule has 142 valence electrons. The summed E-state index contributed by atoms with van der Waals surface area (Å²) in [4.78, 5) is 14.6. The molecule has 0 atom stereocenters. The van der Waals surface area contributed by atoms with Gasteiger partial charge in [0.15, 0.2) is 0 Å². The Labute approximate surface area is 159 Å². The van der Waals surface area contributed by atoms with Crippen molar-refractivity contribution in [1.29, 1.82) is 0 Å². The largest absolute Gasteiger partial charge is 0.497 e. The van der Waals surface area contributed by atoms with Crippen molar-refractivity contribution in [2.75, 3.05) is 32.2 Å². The molecule has 1 saturated heterocycles. The van der Waals surface area contributed by atoms with Crippen molar-refractivity contribution in [2.45, 2.75) is 19.3 Å². The Kier molecular flexibility index (Phi) is 6.30. The van der Waals surface area contributed by atoms with Gasteiger partial charge in [-0.05, 0) is 49.6 Å². The third-order valence-corrected chi connectivity index (χ3v) is 4.64. The molecule has 0 radical (unpaired) electrons. The summed E-state index contributed by atoms with van der Waals surface area (Å²) in [5.41, 5.74) is 4.99. The number of hydrogen-bond donors (Lipinski definition) is 1. The van der Waals surface area contributed by atoms with Gasteiger partial charge >= 0.3 is 0 Å². The van der Waals surface area contributed by atoms with Crippen molar-refractivity contribution in [1.82, 2.24) is 5.43 Å². The van der Waals surface area contributed by atoms with Gasteiger partial charge in [-0.1, -0.05) is 6.07 Å². The third-order valence-electron chi connectivity index (χ3n) is 4.64. The summed E-state index contributed by atoms with van der Waals surface area (Å²) in [5, 5.41) is 4.07. The highest BCUT2D eigenvalue weighted by molar-refractivity contribution is 5.95. The molecule has 1 N–H and O–H groups in total. The van der Waals surface area contributed by atoms with Gasteiger partial charge in [0, 0.05) is 36.0 Å². The van der Waals surface area contributed by atoms with Gasteiger partial charge in [0.25, 0.3) is 5.91 Å². The maximum absolute atomic E-state index is 12.2. The first-order valence-electron chi connectivity index (χ1n) is 9.11. The average molecular weight is 367 g/mol. The number of benzene rings is 2. The van der Waals surface area contributed by atoms with Crippen LogP contribution in [0.5, 0.6) is 11.5 Å². The van der Waals surface area contributed by atoms with Crippen LogP contribution in [0.15, 0.2) is 47.6 Å². The smallest absolute Gasteiger partial charge is 0.271 e. The zero-order valence-corrected chi connectivity index (χ0v) is 15.8. The lowest BCUT2D eigenvalue weighted by atomic mass is 10.1. The normalized spacial score (nSPS) is 14.2. The number of piperidine rings is 1. The fraction of sp³-hybridized carbons (Fsp3) is 0.333. The van der Waals surface area contributed by atoms with Crippen molar-refractivity contribution in [2.24, 2.45) is 5.10 Å². The molecular formula is C21H25N3O3. The molecule has 2 aromatic rings. The minimum atomic E-state index is -0.297. The second-order valence-corrected chi connectivity index (χ2v) is 6.41. The maximum Gasteiger partial charge on any atom is 0.271 e. The van der Waals surface area contributed by atoms with Crippen LogP contribution >= 0.6 is 0 Å². The van der Waals surface area contributed by atoms with Gasteiger partial charge in [-0.3, -0.25) is 4.79 Å². The quantitative estimate of drug-likeness (QED) is 0.627. The van der Waals surface area contributed by atoms with Crippen molar-refractivity contribution < 1.29 is 14.3 Å². The van der Waals surface area contributed by atoms with E-state index in [2.05, 4.69) is 21.5 Å². The van der Waals surface area contributed by atoms with Crippen LogP contribution in [0.3, 0.4) is 0 Å². The molecule has 2 aromatic carbocycles. The van der Waals surface area contributed by atoms with Crippen molar-refractivity contribution >= 4 is 17.8 Å². The van der Waals surface area contributed by atoms with E-state index in [0.717, 1.165) is 30.1 Å². The molecule has 6 nitrogen and oxygen atoms in total. The number of anilines is 1. The number of hydrogen-bond acceptors (Lipinski definition) is 5. The number of nitrogens with zero attached hydrogens (tertiary/aromatic N) is 2. The van der Waals surface area contributed by atoms with Gasteiger partial charge in [0.2, 0.25) is 0 Å².